The normalized spacial score (nSPS) is 21.1. The van der Waals surface area contributed by atoms with Crippen LogP contribution in [0, 0.1) is 11.3 Å². The lowest BCUT2D eigenvalue weighted by Crippen LogP contribution is -2.62. The number of benzene rings is 3. The van der Waals surface area contributed by atoms with Crippen LogP contribution in [0.3, 0.4) is 0 Å². The molecular weight excluding hydrogens is 670 g/mol. The molecule has 13 heteroatoms. The quantitative estimate of drug-likeness (QED) is 0.116. The molecule has 2 fully saturated rings. The van der Waals surface area contributed by atoms with Crippen LogP contribution < -0.4 is 26.0 Å². The van der Waals surface area contributed by atoms with E-state index < -0.39 is 12.1 Å². The van der Waals surface area contributed by atoms with Crippen molar-refractivity contribution in [3.8, 4) is 11.5 Å². The van der Waals surface area contributed by atoms with Crippen molar-refractivity contribution < 1.29 is 19.1 Å². The molecule has 274 valence electrons. The number of para-hydroxylation sites is 1. The van der Waals surface area contributed by atoms with Crippen molar-refractivity contribution in [3.63, 3.8) is 0 Å². The summed E-state index contributed by atoms with van der Waals surface area (Å²) < 4.78 is 5.92. The summed E-state index contributed by atoms with van der Waals surface area (Å²) in [7, 11) is 0. The van der Waals surface area contributed by atoms with E-state index >= 15 is 0 Å². The summed E-state index contributed by atoms with van der Waals surface area (Å²) in [4.78, 5) is 52.1. The van der Waals surface area contributed by atoms with E-state index in [9.17, 15) is 14.4 Å². The second kappa shape index (κ2) is 15.5. The van der Waals surface area contributed by atoms with Crippen LogP contribution in [0.5, 0.6) is 11.5 Å². The minimum Gasteiger partial charge on any atom is -0.457 e. The fourth-order valence-electron chi connectivity index (χ4n) is 7.47. The number of amides is 3. The summed E-state index contributed by atoms with van der Waals surface area (Å²) in [5.41, 5.74) is 9.89. The first-order valence-electron chi connectivity index (χ1n) is 18.1. The maximum Gasteiger partial charge on any atom is 0.261 e. The van der Waals surface area contributed by atoms with Gasteiger partial charge in [0.05, 0.1) is 22.8 Å². The van der Waals surface area contributed by atoms with Gasteiger partial charge in [-0.3, -0.25) is 29.2 Å². The van der Waals surface area contributed by atoms with Gasteiger partial charge in [-0.15, -0.1) is 0 Å². The molecule has 0 aromatic heterocycles. The number of ether oxygens (including phenoxy) is 1. The van der Waals surface area contributed by atoms with Gasteiger partial charge in [0.2, 0.25) is 6.41 Å². The molecule has 3 aromatic carbocycles. The van der Waals surface area contributed by atoms with Gasteiger partial charge < -0.3 is 31.4 Å². The number of anilines is 1. The second-order valence-electron chi connectivity index (χ2n) is 14.1. The van der Waals surface area contributed by atoms with Crippen molar-refractivity contribution in [2.24, 2.45) is 21.6 Å². The van der Waals surface area contributed by atoms with Crippen LogP contribution >= 0.6 is 0 Å². The fourth-order valence-corrected chi connectivity index (χ4v) is 7.47. The monoisotopic (exact) mass is 715 g/mol. The molecule has 3 aromatic rings. The van der Waals surface area contributed by atoms with Gasteiger partial charge >= 0.3 is 0 Å². The Hall–Kier alpha value is -5.66. The fraction of sp³-hybridized carbons (Fsp3) is 0.350. The number of nitrogens with zero attached hydrogens (tertiary/aromatic N) is 5. The lowest BCUT2D eigenvalue weighted by atomic mass is 9.91. The Bertz CT molecular complexity index is 1930. The number of rotatable bonds is 13. The van der Waals surface area contributed by atoms with E-state index in [-0.39, 0.29) is 23.9 Å². The Balaban J connectivity index is 0.897. The molecule has 4 heterocycles. The van der Waals surface area contributed by atoms with Crippen molar-refractivity contribution in [1.29, 1.82) is 5.41 Å². The molecule has 3 atom stereocenters. The van der Waals surface area contributed by atoms with Crippen LogP contribution in [-0.2, 0) is 4.79 Å². The molecule has 0 spiro atoms. The van der Waals surface area contributed by atoms with E-state index in [1.165, 1.54) is 11.2 Å². The van der Waals surface area contributed by atoms with Crippen molar-refractivity contribution in [3.05, 3.63) is 102 Å². The minimum absolute atomic E-state index is 0.196. The lowest BCUT2D eigenvalue weighted by Gasteiger charge is -2.49. The second-order valence-corrected chi connectivity index (χ2v) is 14.1. The SMILES string of the molecule is C=C(CCC(C)N1C(=O)c2ccc(N3CC(N4CCC(NC5=NC=NC(N)C5C(=N)c5ccc(Oc6ccccc6)cc5)CC4)C3)cc2C1=O)NC=O. The van der Waals surface area contributed by atoms with Crippen molar-refractivity contribution in [1.82, 2.24) is 20.4 Å². The largest absolute Gasteiger partial charge is 0.457 e. The summed E-state index contributed by atoms with van der Waals surface area (Å²) in [6, 6.07) is 22.8. The molecule has 0 saturated carbocycles. The van der Waals surface area contributed by atoms with Crippen LogP contribution in [0.2, 0.25) is 0 Å². The molecule has 4 aliphatic heterocycles. The highest BCUT2D eigenvalue weighted by Gasteiger charge is 2.40. The molecule has 0 radical (unpaired) electrons. The first kappa shape index (κ1) is 35.7. The molecule has 4 aliphatic rings. The van der Waals surface area contributed by atoms with Crippen molar-refractivity contribution in [2.45, 2.75) is 56.9 Å². The molecule has 53 heavy (non-hydrogen) atoms. The Morgan fingerprint density at radius 1 is 1.02 bits per heavy atom. The molecule has 0 bridgehead atoms. The molecule has 3 amide bonds. The molecule has 2 saturated heterocycles. The number of aliphatic imine (C=N–C) groups is 2. The third-order valence-corrected chi connectivity index (χ3v) is 10.6. The average Bonchev–Trinajstić information content (AvgIpc) is 3.39. The van der Waals surface area contributed by atoms with Crippen LogP contribution in [0.4, 0.5) is 5.69 Å². The van der Waals surface area contributed by atoms with Gasteiger partial charge in [0.25, 0.3) is 11.8 Å². The molecule has 13 nitrogen and oxygen atoms in total. The number of fused-ring (bicyclic) bond motifs is 1. The van der Waals surface area contributed by atoms with Crippen LogP contribution in [0.25, 0.3) is 0 Å². The van der Waals surface area contributed by atoms with Gasteiger partial charge in [0.15, 0.2) is 0 Å². The van der Waals surface area contributed by atoms with E-state index in [2.05, 4.69) is 37.0 Å². The van der Waals surface area contributed by atoms with Gasteiger partial charge in [-0.2, -0.15) is 0 Å². The highest BCUT2D eigenvalue weighted by atomic mass is 16.5. The summed E-state index contributed by atoms with van der Waals surface area (Å²) in [5.74, 6) is 1.06. The third-order valence-electron chi connectivity index (χ3n) is 10.6. The number of hydrogen-bond acceptors (Lipinski definition) is 11. The Kier molecular flexibility index (Phi) is 10.5. The minimum atomic E-state index is -0.611. The molecule has 0 aliphatic carbocycles. The van der Waals surface area contributed by atoms with Gasteiger partial charge in [-0.25, -0.2) is 4.99 Å². The molecule has 5 N–H and O–H groups in total. The maximum atomic E-state index is 13.3. The average molecular weight is 716 g/mol. The summed E-state index contributed by atoms with van der Waals surface area (Å²) in [6.07, 6.45) is 4.29. The zero-order chi connectivity index (χ0) is 37.1. The van der Waals surface area contributed by atoms with Gasteiger partial charge in [0, 0.05) is 55.7 Å². The van der Waals surface area contributed by atoms with E-state index in [1.54, 1.807) is 6.07 Å². The third kappa shape index (κ3) is 7.62. The molecular formula is C40H45N9O4. The number of nitrogens with two attached hydrogens (primary N) is 1. The summed E-state index contributed by atoms with van der Waals surface area (Å²) in [6.45, 7) is 9.18. The standard InChI is InChI=1S/C40H45N9O4/c1-25(45-24-50)8-9-26(2)49-39(51)33-15-12-29(20-34(33)40(49)52)48-21-30(22-48)47-18-16-28(17-19-47)46-38-35(37(42)43-23-44-38)36(41)27-10-13-32(14-11-27)53-31-6-4-3-5-7-31/h3-7,10-15,20,23-24,26,28,30,35,37,41H,1,8-9,16-19,21-22,42H2,2H3,(H,45,50)(H,43,44,46). The van der Waals surface area contributed by atoms with E-state index in [0.717, 1.165) is 56.0 Å². The van der Waals surface area contributed by atoms with Crippen molar-refractivity contribution >= 4 is 41.8 Å². The topological polar surface area (TPSA) is 169 Å². The highest BCUT2D eigenvalue weighted by molar-refractivity contribution is 6.22. The first-order valence-corrected chi connectivity index (χ1v) is 18.1. The predicted molar refractivity (Wildman–Crippen MR) is 205 cm³/mol. The van der Waals surface area contributed by atoms with Gasteiger partial charge in [-0.1, -0.05) is 24.8 Å². The maximum absolute atomic E-state index is 13.3. The number of likely N-dealkylation sites (tertiary alicyclic amines) is 1. The summed E-state index contributed by atoms with van der Waals surface area (Å²) >= 11 is 0. The molecule has 3 unspecified atom stereocenters. The van der Waals surface area contributed by atoms with Crippen LogP contribution in [0.1, 0.15) is 58.9 Å². The number of nitrogens with one attached hydrogen (secondary N) is 3. The number of imide groups is 1. The number of carbonyl (C=O) groups is 3. The number of piperidine rings is 1. The van der Waals surface area contributed by atoms with E-state index in [0.29, 0.717) is 59.4 Å². The Morgan fingerprint density at radius 3 is 2.43 bits per heavy atom. The predicted octanol–water partition coefficient (Wildman–Crippen LogP) is 4.16. The number of carbonyl (C=O) groups excluding carboxylic acids is 3. The molecule has 7 rings (SSSR count). The van der Waals surface area contributed by atoms with Crippen LogP contribution in [-0.4, -0.2) is 96.4 Å². The Labute approximate surface area is 309 Å². The zero-order valence-electron chi connectivity index (χ0n) is 29.8. The zero-order valence-corrected chi connectivity index (χ0v) is 29.8. The summed E-state index contributed by atoms with van der Waals surface area (Å²) in [5, 5.41) is 15.2. The lowest BCUT2D eigenvalue weighted by molar-refractivity contribution is -0.109. The first-order chi connectivity index (χ1) is 25.7. The van der Waals surface area contributed by atoms with Gasteiger partial charge in [-0.05, 0) is 92.8 Å². The van der Waals surface area contributed by atoms with E-state index in [4.69, 9.17) is 15.9 Å². The number of amidine groups is 1. The number of hydrogen-bond donors (Lipinski definition) is 4. The van der Waals surface area contributed by atoms with Gasteiger partial charge in [0.1, 0.15) is 29.8 Å². The van der Waals surface area contributed by atoms with E-state index in [1.807, 2.05) is 73.7 Å². The van der Waals surface area contributed by atoms with Crippen LogP contribution in [0.15, 0.2) is 95.1 Å². The number of allylic oxidation sites excluding steroid dienone is 1. The smallest absolute Gasteiger partial charge is 0.261 e. The van der Waals surface area contributed by atoms with Crippen molar-refractivity contribution in [2.75, 3.05) is 31.1 Å². The Morgan fingerprint density at radius 2 is 1.72 bits per heavy atom. The highest BCUT2D eigenvalue weighted by Crippen LogP contribution is 2.33.